The SMILES string of the molecule is C1CC2(CC[N]1)COCCN2. The third kappa shape index (κ3) is 1.55. The minimum atomic E-state index is 0.292. The highest BCUT2D eigenvalue weighted by atomic mass is 16.5. The van der Waals surface area contributed by atoms with E-state index in [1.807, 2.05) is 0 Å². The Bertz CT molecular complexity index is 107. The van der Waals surface area contributed by atoms with Crippen LogP contribution in [-0.2, 0) is 4.74 Å². The summed E-state index contributed by atoms with van der Waals surface area (Å²) in [6.07, 6.45) is 2.32. The average Bonchev–Trinajstić information content (AvgIpc) is 2.07. The molecule has 11 heavy (non-hydrogen) atoms. The van der Waals surface area contributed by atoms with Gasteiger partial charge in [0.2, 0.25) is 0 Å². The van der Waals surface area contributed by atoms with Gasteiger partial charge in [0.25, 0.3) is 0 Å². The Hall–Kier alpha value is -0.120. The van der Waals surface area contributed by atoms with E-state index in [0.29, 0.717) is 5.54 Å². The van der Waals surface area contributed by atoms with Gasteiger partial charge in [-0.3, -0.25) is 0 Å². The van der Waals surface area contributed by atoms with Crippen molar-refractivity contribution in [2.75, 3.05) is 32.8 Å². The Labute approximate surface area is 67.5 Å². The number of hydrogen-bond acceptors (Lipinski definition) is 2. The number of nitrogens with one attached hydrogen (secondary N) is 1. The van der Waals surface area contributed by atoms with Gasteiger partial charge < -0.3 is 10.1 Å². The highest BCUT2D eigenvalue weighted by Gasteiger charge is 2.33. The maximum atomic E-state index is 5.46. The van der Waals surface area contributed by atoms with E-state index in [9.17, 15) is 0 Å². The van der Waals surface area contributed by atoms with Gasteiger partial charge in [-0.2, -0.15) is 0 Å². The van der Waals surface area contributed by atoms with Crippen LogP contribution >= 0.6 is 0 Å². The van der Waals surface area contributed by atoms with Crippen LogP contribution in [0.15, 0.2) is 0 Å². The molecule has 0 atom stereocenters. The number of morpholine rings is 1. The fourth-order valence-electron chi connectivity index (χ4n) is 1.85. The Morgan fingerprint density at radius 2 is 2.09 bits per heavy atom. The van der Waals surface area contributed by atoms with Crippen LogP contribution in [0, 0.1) is 0 Å². The maximum absolute atomic E-state index is 5.46. The molecule has 0 aromatic heterocycles. The molecule has 3 heteroatoms. The molecule has 0 saturated carbocycles. The number of hydrogen-bond donors (Lipinski definition) is 1. The smallest absolute Gasteiger partial charge is 0.0649 e. The Morgan fingerprint density at radius 1 is 1.27 bits per heavy atom. The van der Waals surface area contributed by atoms with E-state index in [1.165, 1.54) is 0 Å². The topological polar surface area (TPSA) is 35.4 Å². The van der Waals surface area contributed by atoms with Crippen molar-refractivity contribution in [3.8, 4) is 0 Å². The van der Waals surface area contributed by atoms with Crippen LogP contribution in [0.4, 0.5) is 0 Å². The maximum Gasteiger partial charge on any atom is 0.0649 e. The van der Waals surface area contributed by atoms with Crippen molar-refractivity contribution in [1.82, 2.24) is 10.6 Å². The highest BCUT2D eigenvalue weighted by Crippen LogP contribution is 2.20. The molecule has 0 bridgehead atoms. The molecule has 1 spiro atoms. The quantitative estimate of drug-likeness (QED) is 0.523. The van der Waals surface area contributed by atoms with Gasteiger partial charge in [0, 0.05) is 25.2 Å². The molecule has 0 amide bonds. The Balaban J connectivity index is 1.94. The molecule has 0 aromatic carbocycles. The van der Waals surface area contributed by atoms with Crippen molar-refractivity contribution in [2.45, 2.75) is 18.4 Å². The van der Waals surface area contributed by atoms with Gasteiger partial charge in [-0.25, -0.2) is 5.32 Å². The van der Waals surface area contributed by atoms with Crippen molar-refractivity contribution in [1.29, 1.82) is 0 Å². The molecule has 2 fully saturated rings. The van der Waals surface area contributed by atoms with Gasteiger partial charge in [-0.1, -0.05) is 0 Å². The molecule has 2 saturated heterocycles. The molecule has 2 rings (SSSR count). The fraction of sp³-hybridized carbons (Fsp3) is 1.00. The standard InChI is InChI=1S/C8H15N2O/c1-3-9-4-2-8(1)7-11-6-5-10-8/h10H,1-7H2. The Morgan fingerprint density at radius 3 is 2.73 bits per heavy atom. The summed E-state index contributed by atoms with van der Waals surface area (Å²) in [6.45, 7) is 4.80. The average molecular weight is 155 g/mol. The molecule has 0 unspecified atom stereocenters. The van der Waals surface area contributed by atoms with Crippen LogP contribution in [0.2, 0.25) is 0 Å². The number of nitrogens with zero attached hydrogens (tertiary/aromatic N) is 1. The summed E-state index contributed by atoms with van der Waals surface area (Å²) in [5.41, 5.74) is 0.292. The molecule has 1 N–H and O–H groups in total. The highest BCUT2D eigenvalue weighted by molar-refractivity contribution is 4.93. The second kappa shape index (κ2) is 3.09. The van der Waals surface area contributed by atoms with E-state index < -0.39 is 0 Å². The lowest BCUT2D eigenvalue weighted by molar-refractivity contribution is 0.0125. The van der Waals surface area contributed by atoms with E-state index in [2.05, 4.69) is 10.6 Å². The molecule has 0 aliphatic carbocycles. The molecule has 2 aliphatic rings. The lowest BCUT2D eigenvalue weighted by atomic mass is 9.88. The summed E-state index contributed by atoms with van der Waals surface area (Å²) < 4.78 is 5.46. The van der Waals surface area contributed by atoms with Crippen molar-refractivity contribution < 1.29 is 4.74 Å². The number of piperidine rings is 1. The van der Waals surface area contributed by atoms with Crippen LogP contribution in [0.1, 0.15) is 12.8 Å². The normalized spacial score (nSPS) is 30.5. The fourth-order valence-corrected chi connectivity index (χ4v) is 1.85. The van der Waals surface area contributed by atoms with Crippen LogP contribution < -0.4 is 10.6 Å². The van der Waals surface area contributed by atoms with Crippen molar-refractivity contribution in [3.63, 3.8) is 0 Å². The minimum Gasteiger partial charge on any atom is -0.378 e. The molecule has 3 nitrogen and oxygen atoms in total. The largest absolute Gasteiger partial charge is 0.378 e. The van der Waals surface area contributed by atoms with Crippen molar-refractivity contribution >= 4 is 0 Å². The van der Waals surface area contributed by atoms with Gasteiger partial charge >= 0.3 is 0 Å². The minimum absolute atomic E-state index is 0.292. The summed E-state index contributed by atoms with van der Waals surface area (Å²) in [7, 11) is 0. The van der Waals surface area contributed by atoms with E-state index in [-0.39, 0.29) is 0 Å². The third-order valence-electron chi connectivity index (χ3n) is 2.62. The first kappa shape index (κ1) is 7.53. The predicted octanol–water partition coefficient (Wildman–Crippen LogP) is -0.257. The summed E-state index contributed by atoms with van der Waals surface area (Å²) >= 11 is 0. The third-order valence-corrected chi connectivity index (χ3v) is 2.62. The van der Waals surface area contributed by atoms with Crippen LogP contribution in [-0.4, -0.2) is 38.4 Å². The first-order valence-electron chi connectivity index (χ1n) is 4.37. The van der Waals surface area contributed by atoms with Gasteiger partial charge in [0.1, 0.15) is 0 Å². The lowest BCUT2D eigenvalue weighted by Crippen LogP contribution is -2.57. The second-order valence-electron chi connectivity index (χ2n) is 3.43. The van der Waals surface area contributed by atoms with E-state index in [1.54, 1.807) is 0 Å². The number of rotatable bonds is 0. The summed E-state index contributed by atoms with van der Waals surface area (Å²) in [5, 5.41) is 7.88. The lowest BCUT2D eigenvalue weighted by Gasteiger charge is -2.40. The monoisotopic (exact) mass is 155 g/mol. The molecule has 1 radical (unpaired) electrons. The van der Waals surface area contributed by atoms with Crippen LogP contribution in [0.25, 0.3) is 0 Å². The molecule has 0 aromatic rings. The first-order chi connectivity index (χ1) is 5.41. The van der Waals surface area contributed by atoms with Crippen molar-refractivity contribution in [2.24, 2.45) is 0 Å². The summed E-state index contributed by atoms with van der Waals surface area (Å²) in [6, 6.07) is 0. The van der Waals surface area contributed by atoms with E-state index in [0.717, 1.165) is 45.7 Å². The molecule has 2 aliphatic heterocycles. The predicted molar refractivity (Wildman–Crippen MR) is 42.7 cm³/mol. The molecular weight excluding hydrogens is 140 g/mol. The zero-order valence-corrected chi connectivity index (χ0v) is 6.81. The zero-order valence-electron chi connectivity index (χ0n) is 6.81. The molecule has 2 heterocycles. The van der Waals surface area contributed by atoms with E-state index >= 15 is 0 Å². The molecular formula is C8H15N2O. The van der Waals surface area contributed by atoms with E-state index in [4.69, 9.17) is 4.74 Å². The second-order valence-corrected chi connectivity index (χ2v) is 3.43. The van der Waals surface area contributed by atoms with Gasteiger partial charge in [-0.15, -0.1) is 0 Å². The van der Waals surface area contributed by atoms with Gasteiger partial charge in [0.15, 0.2) is 0 Å². The van der Waals surface area contributed by atoms with Crippen LogP contribution in [0.5, 0.6) is 0 Å². The van der Waals surface area contributed by atoms with Gasteiger partial charge in [0.05, 0.1) is 13.2 Å². The van der Waals surface area contributed by atoms with Crippen molar-refractivity contribution in [3.05, 3.63) is 0 Å². The van der Waals surface area contributed by atoms with Crippen LogP contribution in [0.3, 0.4) is 0 Å². The Kier molecular flexibility index (Phi) is 2.11. The number of ether oxygens (including phenoxy) is 1. The van der Waals surface area contributed by atoms with Gasteiger partial charge in [-0.05, 0) is 12.8 Å². The first-order valence-corrected chi connectivity index (χ1v) is 4.37. The zero-order chi connectivity index (χ0) is 7.57. The molecule has 63 valence electrons. The summed E-state index contributed by atoms with van der Waals surface area (Å²) in [4.78, 5) is 0. The summed E-state index contributed by atoms with van der Waals surface area (Å²) in [5.74, 6) is 0.